The third-order valence-corrected chi connectivity index (χ3v) is 6.50. The van der Waals surface area contributed by atoms with Crippen molar-refractivity contribution in [3.63, 3.8) is 0 Å². The number of oxazole rings is 1. The maximum Gasteiger partial charge on any atom is 0.420 e. The lowest BCUT2D eigenvalue weighted by Crippen LogP contribution is -2.45. The number of aryl methyl sites for hydroxylation is 1. The van der Waals surface area contributed by atoms with E-state index in [1.54, 1.807) is 22.8 Å². The molecule has 2 aliphatic rings. The normalized spacial score (nSPS) is 18.0. The van der Waals surface area contributed by atoms with Crippen LogP contribution in [0.25, 0.3) is 11.1 Å². The van der Waals surface area contributed by atoms with E-state index in [1.807, 2.05) is 23.1 Å². The number of amides is 1. The maximum atomic E-state index is 13.0. The van der Waals surface area contributed by atoms with Gasteiger partial charge in [-0.3, -0.25) is 14.3 Å². The molecular formula is C23H24ClN3O3. The molecule has 156 valence electrons. The van der Waals surface area contributed by atoms with Gasteiger partial charge in [0.15, 0.2) is 5.58 Å². The number of para-hydroxylation sites is 1. The lowest BCUT2D eigenvalue weighted by atomic mass is 10.0. The summed E-state index contributed by atoms with van der Waals surface area (Å²) in [7, 11) is 0. The number of likely N-dealkylation sites (tertiary alicyclic amines) is 1. The summed E-state index contributed by atoms with van der Waals surface area (Å²) in [6, 6.07) is 13.5. The number of aromatic nitrogens is 1. The minimum absolute atomic E-state index is 0.0549. The monoisotopic (exact) mass is 425 g/mol. The first-order valence-corrected chi connectivity index (χ1v) is 10.9. The lowest BCUT2D eigenvalue weighted by Gasteiger charge is -2.35. The molecule has 30 heavy (non-hydrogen) atoms. The highest BCUT2D eigenvalue weighted by atomic mass is 35.5. The van der Waals surface area contributed by atoms with E-state index in [4.69, 9.17) is 16.0 Å². The van der Waals surface area contributed by atoms with Crippen LogP contribution >= 0.6 is 11.6 Å². The number of benzene rings is 2. The maximum absolute atomic E-state index is 13.0. The number of hydrogen-bond donors (Lipinski definition) is 0. The van der Waals surface area contributed by atoms with Gasteiger partial charge in [-0.25, -0.2) is 4.79 Å². The third-order valence-electron chi connectivity index (χ3n) is 6.27. The molecule has 1 amide bonds. The Kier molecular flexibility index (Phi) is 5.13. The fourth-order valence-electron chi connectivity index (χ4n) is 4.76. The Balaban J connectivity index is 1.26. The fraction of sp³-hybridized carbons (Fsp3) is 0.391. The summed E-state index contributed by atoms with van der Waals surface area (Å²) in [5.41, 5.74) is 3.61. The highest BCUT2D eigenvalue weighted by Crippen LogP contribution is 2.29. The molecule has 0 N–H and O–H groups in total. The van der Waals surface area contributed by atoms with Crippen LogP contribution in [0.2, 0.25) is 5.02 Å². The van der Waals surface area contributed by atoms with E-state index in [0.717, 1.165) is 56.5 Å². The SMILES string of the molecule is O=C(CN1CCC(n2c(=O)oc3ccc(Cl)cc32)CC1)N1CCCc2ccccc21. The van der Waals surface area contributed by atoms with Crippen LogP contribution in [0.1, 0.15) is 30.9 Å². The van der Waals surface area contributed by atoms with Gasteiger partial charge in [-0.05, 0) is 55.5 Å². The van der Waals surface area contributed by atoms with Crippen LogP contribution in [-0.2, 0) is 11.2 Å². The van der Waals surface area contributed by atoms with Gasteiger partial charge in [0.05, 0.1) is 12.1 Å². The smallest absolute Gasteiger partial charge is 0.408 e. The predicted molar refractivity (Wildman–Crippen MR) is 117 cm³/mol. The Morgan fingerprint density at radius 2 is 1.90 bits per heavy atom. The molecule has 3 heterocycles. The minimum Gasteiger partial charge on any atom is -0.408 e. The second-order valence-electron chi connectivity index (χ2n) is 8.13. The Morgan fingerprint density at radius 1 is 1.10 bits per heavy atom. The number of rotatable bonds is 3. The van der Waals surface area contributed by atoms with Gasteiger partial charge in [0.25, 0.3) is 0 Å². The van der Waals surface area contributed by atoms with Gasteiger partial charge in [-0.2, -0.15) is 0 Å². The highest BCUT2D eigenvalue weighted by molar-refractivity contribution is 6.31. The lowest BCUT2D eigenvalue weighted by molar-refractivity contribution is -0.120. The molecule has 1 saturated heterocycles. The van der Waals surface area contributed by atoms with Crippen LogP contribution < -0.4 is 10.7 Å². The van der Waals surface area contributed by atoms with Crippen molar-refractivity contribution in [2.75, 3.05) is 31.1 Å². The largest absolute Gasteiger partial charge is 0.420 e. The second-order valence-corrected chi connectivity index (χ2v) is 8.57. The van der Waals surface area contributed by atoms with E-state index in [-0.39, 0.29) is 17.7 Å². The first kappa shape index (κ1) is 19.4. The number of piperidine rings is 1. The van der Waals surface area contributed by atoms with E-state index in [1.165, 1.54) is 5.56 Å². The van der Waals surface area contributed by atoms with Gasteiger partial charge in [0, 0.05) is 36.4 Å². The van der Waals surface area contributed by atoms with Crippen molar-refractivity contribution in [1.82, 2.24) is 9.47 Å². The number of nitrogens with zero attached hydrogens (tertiary/aromatic N) is 3. The number of anilines is 1. The highest BCUT2D eigenvalue weighted by Gasteiger charge is 2.28. The Labute approximate surface area is 179 Å². The summed E-state index contributed by atoms with van der Waals surface area (Å²) < 4.78 is 7.11. The van der Waals surface area contributed by atoms with Gasteiger partial charge < -0.3 is 9.32 Å². The third kappa shape index (κ3) is 3.55. The average Bonchev–Trinajstić information content (AvgIpc) is 3.09. The van der Waals surface area contributed by atoms with Crippen LogP contribution in [0.4, 0.5) is 5.69 Å². The van der Waals surface area contributed by atoms with Gasteiger partial charge in [-0.1, -0.05) is 29.8 Å². The number of carbonyl (C=O) groups is 1. The molecule has 3 aromatic rings. The molecule has 1 aromatic heterocycles. The van der Waals surface area contributed by atoms with Crippen molar-refractivity contribution in [1.29, 1.82) is 0 Å². The van der Waals surface area contributed by atoms with Crippen LogP contribution in [0, 0.1) is 0 Å². The Hall–Kier alpha value is -2.57. The quantitative estimate of drug-likeness (QED) is 0.639. The fourth-order valence-corrected chi connectivity index (χ4v) is 4.92. The zero-order valence-corrected chi connectivity index (χ0v) is 17.5. The molecule has 5 rings (SSSR count). The van der Waals surface area contributed by atoms with Crippen molar-refractivity contribution < 1.29 is 9.21 Å². The van der Waals surface area contributed by atoms with Crippen molar-refractivity contribution >= 4 is 34.3 Å². The first-order chi connectivity index (χ1) is 14.6. The van der Waals surface area contributed by atoms with Crippen LogP contribution in [0.3, 0.4) is 0 Å². The molecule has 0 spiro atoms. The van der Waals surface area contributed by atoms with E-state index in [0.29, 0.717) is 17.2 Å². The molecule has 2 aromatic carbocycles. The van der Waals surface area contributed by atoms with Gasteiger partial charge in [0.2, 0.25) is 5.91 Å². The van der Waals surface area contributed by atoms with Crippen LogP contribution in [0.15, 0.2) is 51.7 Å². The number of hydrogen-bond acceptors (Lipinski definition) is 4. The van der Waals surface area contributed by atoms with E-state index < -0.39 is 0 Å². The molecule has 0 aliphatic carbocycles. The molecular weight excluding hydrogens is 402 g/mol. The molecule has 0 saturated carbocycles. The Bertz CT molecular complexity index is 1140. The Morgan fingerprint density at radius 3 is 2.73 bits per heavy atom. The molecule has 0 unspecified atom stereocenters. The number of halogens is 1. The summed E-state index contributed by atoms with van der Waals surface area (Å²) in [5.74, 6) is -0.190. The van der Waals surface area contributed by atoms with Crippen molar-refractivity contribution in [2.24, 2.45) is 0 Å². The van der Waals surface area contributed by atoms with Crippen LogP contribution in [0.5, 0.6) is 0 Å². The number of carbonyl (C=O) groups excluding carboxylic acids is 1. The van der Waals surface area contributed by atoms with Gasteiger partial charge in [-0.15, -0.1) is 0 Å². The molecule has 0 radical (unpaired) electrons. The van der Waals surface area contributed by atoms with Crippen molar-refractivity contribution in [3.05, 3.63) is 63.6 Å². The van der Waals surface area contributed by atoms with Crippen LogP contribution in [-0.4, -0.2) is 41.6 Å². The second kappa shape index (κ2) is 7.93. The van der Waals surface area contributed by atoms with Gasteiger partial charge in [0.1, 0.15) is 0 Å². The van der Waals surface area contributed by atoms with Gasteiger partial charge >= 0.3 is 5.76 Å². The zero-order chi connectivity index (χ0) is 20.7. The molecule has 0 atom stereocenters. The number of fused-ring (bicyclic) bond motifs is 2. The summed E-state index contributed by atoms with van der Waals surface area (Å²) >= 11 is 6.12. The summed E-state index contributed by atoms with van der Waals surface area (Å²) in [6.45, 7) is 2.73. The minimum atomic E-state index is -0.341. The summed E-state index contributed by atoms with van der Waals surface area (Å²) in [5, 5.41) is 0.585. The molecule has 1 fully saturated rings. The van der Waals surface area contributed by atoms with Crippen molar-refractivity contribution in [3.8, 4) is 0 Å². The average molecular weight is 426 g/mol. The summed E-state index contributed by atoms with van der Waals surface area (Å²) in [4.78, 5) is 29.5. The predicted octanol–water partition coefficient (Wildman–Crippen LogP) is 3.86. The molecule has 7 heteroatoms. The topological polar surface area (TPSA) is 58.7 Å². The van der Waals surface area contributed by atoms with E-state index in [9.17, 15) is 9.59 Å². The van der Waals surface area contributed by atoms with E-state index in [2.05, 4.69) is 11.0 Å². The molecule has 6 nitrogen and oxygen atoms in total. The standard InChI is InChI=1S/C23H24ClN3O3/c24-17-7-8-21-20(14-17)27(23(29)30-21)18-9-12-25(13-10-18)15-22(28)26-11-3-5-16-4-1-2-6-19(16)26/h1-2,4,6-8,14,18H,3,5,9-13,15H2. The van der Waals surface area contributed by atoms with E-state index >= 15 is 0 Å². The van der Waals surface area contributed by atoms with Crippen molar-refractivity contribution in [2.45, 2.75) is 31.7 Å². The zero-order valence-electron chi connectivity index (χ0n) is 16.7. The first-order valence-electron chi connectivity index (χ1n) is 10.5. The molecule has 0 bridgehead atoms. The summed E-state index contributed by atoms with van der Waals surface area (Å²) in [6.07, 6.45) is 3.63. The molecule has 2 aliphatic heterocycles.